The maximum Gasteiger partial charge on any atom is 0.227 e. The number of aliphatic hydroxyl groups is 1. The summed E-state index contributed by atoms with van der Waals surface area (Å²) in [7, 11) is 0. The molecular formula is C25H30ClN3O3. The van der Waals surface area contributed by atoms with Gasteiger partial charge in [-0.15, -0.1) is 0 Å². The van der Waals surface area contributed by atoms with Crippen molar-refractivity contribution in [3.05, 3.63) is 70.9 Å². The minimum atomic E-state index is -0.527. The highest BCUT2D eigenvalue weighted by Gasteiger charge is 2.32. The summed E-state index contributed by atoms with van der Waals surface area (Å²) in [5.41, 5.74) is 2.85. The van der Waals surface area contributed by atoms with Crippen molar-refractivity contribution >= 4 is 11.6 Å². The van der Waals surface area contributed by atoms with Gasteiger partial charge in [-0.25, -0.2) is 4.68 Å². The molecule has 1 atom stereocenters. The normalized spacial score (nSPS) is 14.7. The molecule has 0 radical (unpaired) electrons. The lowest BCUT2D eigenvalue weighted by molar-refractivity contribution is 0.0177. The Kier molecular flexibility index (Phi) is 7.48. The molecule has 1 aliphatic carbocycles. The number of aryl methyl sites for hydroxylation is 1. The topological polar surface area (TPSA) is 59.8 Å². The maximum atomic E-state index is 10.5. The molecule has 0 amide bonds. The Balaban J connectivity index is 1.65. The summed E-state index contributed by atoms with van der Waals surface area (Å²) in [6.45, 7) is 6.09. The van der Waals surface area contributed by atoms with Crippen molar-refractivity contribution in [1.82, 2.24) is 14.7 Å². The number of hydrogen-bond acceptors (Lipinski definition) is 5. The first-order valence-corrected chi connectivity index (χ1v) is 11.5. The fourth-order valence-electron chi connectivity index (χ4n) is 3.75. The number of hydrogen-bond donors (Lipinski definition) is 1. The summed E-state index contributed by atoms with van der Waals surface area (Å²) in [4.78, 5) is 2.32. The first-order chi connectivity index (χ1) is 15.5. The predicted octanol–water partition coefficient (Wildman–Crippen LogP) is 4.99. The average molecular weight is 456 g/mol. The second-order valence-corrected chi connectivity index (χ2v) is 8.58. The molecular weight excluding hydrogens is 426 g/mol. The van der Waals surface area contributed by atoms with Gasteiger partial charge in [0.05, 0.1) is 29.7 Å². The molecule has 1 unspecified atom stereocenters. The highest BCUT2D eigenvalue weighted by atomic mass is 35.5. The van der Waals surface area contributed by atoms with Crippen molar-refractivity contribution in [1.29, 1.82) is 0 Å². The quantitative estimate of drug-likeness (QED) is 0.441. The Morgan fingerprint density at radius 2 is 1.88 bits per heavy atom. The molecule has 1 fully saturated rings. The molecule has 1 N–H and O–H groups in total. The molecule has 6 nitrogen and oxygen atoms in total. The number of para-hydroxylation sites is 1. The number of aromatic nitrogens is 2. The summed E-state index contributed by atoms with van der Waals surface area (Å²) in [5, 5.41) is 15.9. The average Bonchev–Trinajstić information content (AvgIpc) is 3.60. The second-order valence-electron chi connectivity index (χ2n) is 8.15. The number of halogens is 1. The van der Waals surface area contributed by atoms with Crippen LogP contribution in [0.4, 0.5) is 0 Å². The second kappa shape index (κ2) is 10.5. The molecule has 0 saturated heterocycles. The van der Waals surface area contributed by atoms with Crippen LogP contribution in [0.1, 0.15) is 31.0 Å². The van der Waals surface area contributed by atoms with E-state index < -0.39 is 6.10 Å². The SMILES string of the molecule is CCOCC(O)CN(Cc1c(C)nn(-c2ccccc2)c1Oc1ccc(Cl)cc1)C1CC1. The minimum absolute atomic E-state index is 0.343. The third-order valence-electron chi connectivity index (χ3n) is 5.55. The molecule has 32 heavy (non-hydrogen) atoms. The van der Waals surface area contributed by atoms with Gasteiger partial charge in [0, 0.05) is 30.8 Å². The Hall–Kier alpha value is -2.38. The molecule has 4 rings (SSSR count). The van der Waals surface area contributed by atoms with Crippen molar-refractivity contribution < 1.29 is 14.6 Å². The summed E-state index contributed by atoms with van der Waals surface area (Å²) >= 11 is 6.06. The van der Waals surface area contributed by atoms with Crippen LogP contribution in [0.2, 0.25) is 5.02 Å². The van der Waals surface area contributed by atoms with Crippen LogP contribution in [0.15, 0.2) is 54.6 Å². The standard InChI is InChI=1S/C25H30ClN3O3/c1-3-31-17-22(30)15-28(20-11-12-20)16-24-18(2)27-29(21-7-5-4-6-8-21)25(24)32-23-13-9-19(26)10-14-23/h4-10,13-14,20,22,30H,3,11-12,15-17H2,1-2H3. The van der Waals surface area contributed by atoms with Crippen molar-refractivity contribution in [2.45, 2.75) is 45.4 Å². The van der Waals surface area contributed by atoms with E-state index >= 15 is 0 Å². The minimum Gasteiger partial charge on any atom is -0.439 e. The van der Waals surface area contributed by atoms with Crippen LogP contribution in [0, 0.1) is 6.92 Å². The van der Waals surface area contributed by atoms with Crippen molar-refractivity contribution in [2.24, 2.45) is 0 Å². The van der Waals surface area contributed by atoms with Gasteiger partial charge in [-0.2, -0.15) is 5.10 Å². The fraction of sp³-hybridized carbons (Fsp3) is 0.400. The van der Waals surface area contributed by atoms with E-state index in [0.29, 0.717) is 49.0 Å². The Bertz CT molecular complexity index is 1000. The van der Waals surface area contributed by atoms with Crippen LogP contribution < -0.4 is 4.74 Å². The molecule has 0 aliphatic heterocycles. The van der Waals surface area contributed by atoms with Crippen molar-refractivity contribution in [2.75, 3.05) is 19.8 Å². The third kappa shape index (κ3) is 5.70. The van der Waals surface area contributed by atoms with Gasteiger partial charge < -0.3 is 14.6 Å². The number of rotatable bonds is 11. The Morgan fingerprint density at radius 1 is 1.16 bits per heavy atom. The van der Waals surface area contributed by atoms with E-state index in [1.807, 2.05) is 73.1 Å². The first kappa shape index (κ1) is 22.8. The van der Waals surface area contributed by atoms with E-state index in [0.717, 1.165) is 29.8 Å². The van der Waals surface area contributed by atoms with E-state index in [2.05, 4.69) is 4.90 Å². The van der Waals surface area contributed by atoms with Crippen molar-refractivity contribution in [3.8, 4) is 17.3 Å². The van der Waals surface area contributed by atoms with E-state index in [9.17, 15) is 5.11 Å². The van der Waals surface area contributed by atoms with Gasteiger partial charge in [0.25, 0.3) is 0 Å². The molecule has 170 valence electrons. The predicted molar refractivity (Wildman–Crippen MR) is 126 cm³/mol. The molecule has 3 aromatic rings. The van der Waals surface area contributed by atoms with Gasteiger partial charge in [-0.1, -0.05) is 29.8 Å². The van der Waals surface area contributed by atoms with E-state index in [-0.39, 0.29) is 0 Å². The first-order valence-electron chi connectivity index (χ1n) is 11.1. The lowest BCUT2D eigenvalue weighted by Crippen LogP contribution is -2.36. The van der Waals surface area contributed by atoms with E-state index in [4.69, 9.17) is 26.2 Å². The van der Waals surface area contributed by atoms with Gasteiger partial charge >= 0.3 is 0 Å². The van der Waals surface area contributed by atoms with Crippen LogP contribution in [-0.4, -0.2) is 51.7 Å². The molecule has 1 heterocycles. The largest absolute Gasteiger partial charge is 0.439 e. The zero-order valence-electron chi connectivity index (χ0n) is 18.6. The van der Waals surface area contributed by atoms with Crippen LogP contribution in [0.5, 0.6) is 11.6 Å². The number of ether oxygens (including phenoxy) is 2. The van der Waals surface area contributed by atoms with Crippen LogP contribution in [0.3, 0.4) is 0 Å². The third-order valence-corrected chi connectivity index (χ3v) is 5.80. The monoisotopic (exact) mass is 455 g/mol. The number of aliphatic hydroxyl groups excluding tert-OH is 1. The number of nitrogens with zero attached hydrogens (tertiary/aromatic N) is 3. The molecule has 1 aromatic heterocycles. The van der Waals surface area contributed by atoms with Crippen LogP contribution >= 0.6 is 11.6 Å². The molecule has 7 heteroatoms. The smallest absolute Gasteiger partial charge is 0.227 e. The lowest BCUT2D eigenvalue weighted by Gasteiger charge is -2.25. The van der Waals surface area contributed by atoms with Gasteiger partial charge in [-0.05, 0) is 63.1 Å². The zero-order valence-corrected chi connectivity index (χ0v) is 19.3. The summed E-state index contributed by atoms with van der Waals surface area (Å²) in [6.07, 6.45) is 1.75. The highest BCUT2D eigenvalue weighted by Crippen LogP contribution is 2.35. The molecule has 1 saturated carbocycles. The summed E-state index contributed by atoms with van der Waals surface area (Å²) in [5.74, 6) is 1.38. The van der Waals surface area contributed by atoms with Crippen LogP contribution in [-0.2, 0) is 11.3 Å². The van der Waals surface area contributed by atoms with Gasteiger partial charge in [0.15, 0.2) is 0 Å². The van der Waals surface area contributed by atoms with Gasteiger partial charge in [0.2, 0.25) is 5.88 Å². The summed E-state index contributed by atoms with van der Waals surface area (Å²) < 4.78 is 13.6. The lowest BCUT2D eigenvalue weighted by atomic mass is 10.2. The Morgan fingerprint density at radius 3 is 2.53 bits per heavy atom. The maximum absolute atomic E-state index is 10.5. The van der Waals surface area contributed by atoms with Crippen LogP contribution in [0.25, 0.3) is 5.69 Å². The Labute approximate surface area is 194 Å². The van der Waals surface area contributed by atoms with Gasteiger partial charge in [0.1, 0.15) is 5.75 Å². The fourth-order valence-corrected chi connectivity index (χ4v) is 3.87. The van der Waals surface area contributed by atoms with E-state index in [1.54, 1.807) is 0 Å². The zero-order chi connectivity index (χ0) is 22.5. The number of benzene rings is 2. The highest BCUT2D eigenvalue weighted by molar-refractivity contribution is 6.30. The van der Waals surface area contributed by atoms with E-state index in [1.165, 1.54) is 0 Å². The van der Waals surface area contributed by atoms with Gasteiger partial charge in [-0.3, -0.25) is 4.90 Å². The summed E-state index contributed by atoms with van der Waals surface area (Å²) in [6, 6.07) is 17.8. The molecule has 0 bridgehead atoms. The molecule has 1 aliphatic rings. The molecule has 2 aromatic carbocycles. The van der Waals surface area contributed by atoms with Crippen molar-refractivity contribution in [3.63, 3.8) is 0 Å². The molecule has 0 spiro atoms.